The van der Waals surface area contributed by atoms with Crippen LogP contribution in [0, 0.1) is 12.3 Å². The minimum atomic E-state index is -0.117. The van der Waals surface area contributed by atoms with Crippen LogP contribution < -0.4 is 15.5 Å². The smallest absolute Gasteiger partial charge is 0.315 e. The second-order valence-corrected chi connectivity index (χ2v) is 8.79. The summed E-state index contributed by atoms with van der Waals surface area (Å²) in [5.74, 6) is 2.63. The minimum Gasteiger partial charge on any atom is -0.466 e. The number of furan rings is 1. The summed E-state index contributed by atoms with van der Waals surface area (Å²) in [5.41, 5.74) is 1.22. The second kappa shape index (κ2) is 7.45. The van der Waals surface area contributed by atoms with Crippen LogP contribution in [0.25, 0.3) is 0 Å². The summed E-state index contributed by atoms with van der Waals surface area (Å²) >= 11 is 0. The topological polar surface area (TPSA) is 83.3 Å². The average Bonchev–Trinajstić information content (AvgIpc) is 3.01. The molecule has 1 fully saturated rings. The molecule has 28 heavy (non-hydrogen) atoms. The van der Waals surface area contributed by atoms with Crippen LogP contribution in [-0.4, -0.2) is 35.1 Å². The zero-order chi connectivity index (χ0) is 19.7. The Balaban J connectivity index is 1.39. The van der Waals surface area contributed by atoms with E-state index < -0.39 is 0 Å². The molecular formula is C21H29N5O2. The Labute approximate surface area is 165 Å². The Morgan fingerprint density at radius 2 is 2.07 bits per heavy atom. The average molecular weight is 383 g/mol. The normalized spacial score (nSPS) is 23.8. The predicted molar refractivity (Wildman–Crippen MR) is 107 cm³/mol. The molecule has 0 aromatic carbocycles. The molecule has 2 unspecified atom stereocenters. The molecule has 150 valence electrons. The SMILES string of the molecule is Cc1cc2c(o1)CC(C)(C)CC2NC(=O)NC1CCCN(c2ncccn2)C1. The molecule has 2 aromatic rings. The quantitative estimate of drug-likeness (QED) is 0.849. The van der Waals surface area contributed by atoms with E-state index in [9.17, 15) is 4.79 Å². The Hall–Kier alpha value is -2.57. The Morgan fingerprint density at radius 3 is 2.86 bits per heavy atom. The lowest BCUT2D eigenvalue weighted by molar-refractivity contribution is 0.210. The van der Waals surface area contributed by atoms with Crippen LogP contribution in [0.4, 0.5) is 10.7 Å². The molecule has 1 aliphatic carbocycles. The van der Waals surface area contributed by atoms with Crippen molar-refractivity contribution in [1.29, 1.82) is 0 Å². The van der Waals surface area contributed by atoms with E-state index in [1.54, 1.807) is 12.4 Å². The van der Waals surface area contributed by atoms with Crippen molar-refractivity contribution in [3.63, 3.8) is 0 Å². The maximum Gasteiger partial charge on any atom is 0.315 e. The number of aryl methyl sites for hydroxylation is 1. The van der Waals surface area contributed by atoms with E-state index in [-0.39, 0.29) is 23.5 Å². The summed E-state index contributed by atoms with van der Waals surface area (Å²) in [4.78, 5) is 23.5. The van der Waals surface area contributed by atoms with Gasteiger partial charge in [0, 0.05) is 43.5 Å². The van der Waals surface area contributed by atoms with E-state index in [0.29, 0.717) is 0 Å². The molecule has 2 aliphatic rings. The van der Waals surface area contributed by atoms with Crippen LogP contribution in [0.1, 0.15) is 56.2 Å². The van der Waals surface area contributed by atoms with Crippen LogP contribution in [-0.2, 0) is 6.42 Å². The fraction of sp³-hybridized carbons (Fsp3) is 0.571. The number of nitrogens with one attached hydrogen (secondary N) is 2. The summed E-state index contributed by atoms with van der Waals surface area (Å²) in [6.45, 7) is 8.05. The molecule has 0 radical (unpaired) electrons. The van der Waals surface area contributed by atoms with Crippen molar-refractivity contribution in [2.24, 2.45) is 5.41 Å². The maximum absolute atomic E-state index is 12.7. The van der Waals surface area contributed by atoms with Gasteiger partial charge in [0.2, 0.25) is 5.95 Å². The lowest BCUT2D eigenvalue weighted by Crippen LogP contribution is -2.52. The Kier molecular flexibility index (Phi) is 5.00. The first-order valence-electron chi connectivity index (χ1n) is 10.1. The highest BCUT2D eigenvalue weighted by atomic mass is 16.3. The van der Waals surface area contributed by atoms with Gasteiger partial charge in [0.25, 0.3) is 0 Å². The summed E-state index contributed by atoms with van der Waals surface area (Å²) in [5, 5.41) is 6.34. The number of hydrogen-bond acceptors (Lipinski definition) is 5. The first-order valence-corrected chi connectivity index (χ1v) is 10.1. The van der Waals surface area contributed by atoms with Crippen molar-refractivity contribution in [3.8, 4) is 0 Å². The van der Waals surface area contributed by atoms with E-state index in [4.69, 9.17) is 4.42 Å². The molecule has 4 rings (SSSR count). The number of anilines is 1. The minimum absolute atomic E-state index is 0.0200. The summed E-state index contributed by atoms with van der Waals surface area (Å²) < 4.78 is 5.87. The second-order valence-electron chi connectivity index (χ2n) is 8.79. The Bertz CT molecular complexity index is 833. The predicted octanol–water partition coefficient (Wildman–Crippen LogP) is 3.36. The van der Waals surface area contributed by atoms with Gasteiger partial charge in [0.15, 0.2) is 0 Å². The number of rotatable bonds is 3. The van der Waals surface area contributed by atoms with Gasteiger partial charge in [-0.3, -0.25) is 0 Å². The van der Waals surface area contributed by atoms with Gasteiger partial charge in [-0.05, 0) is 43.7 Å². The van der Waals surface area contributed by atoms with E-state index in [0.717, 1.165) is 61.8 Å². The first kappa shape index (κ1) is 18.8. The van der Waals surface area contributed by atoms with Gasteiger partial charge in [-0.15, -0.1) is 0 Å². The van der Waals surface area contributed by atoms with Gasteiger partial charge in [-0.2, -0.15) is 0 Å². The van der Waals surface area contributed by atoms with Crippen molar-refractivity contribution in [1.82, 2.24) is 20.6 Å². The van der Waals surface area contributed by atoms with E-state index in [1.807, 2.05) is 13.0 Å². The molecule has 0 saturated carbocycles. The number of hydrogen-bond donors (Lipinski definition) is 2. The van der Waals surface area contributed by atoms with E-state index >= 15 is 0 Å². The fourth-order valence-electron chi connectivity index (χ4n) is 4.43. The van der Waals surface area contributed by atoms with Gasteiger partial charge in [0.1, 0.15) is 11.5 Å². The third kappa shape index (κ3) is 4.13. The molecule has 2 aromatic heterocycles. The highest BCUT2D eigenvalue weighted by Gasteiger charge is 2.36. The maximum atomic E-state index is 12.7. The standard InChI is InChI=1S/C21H29N5O2/c1-14-10-16-17(11-21(2,3)12-18(16)28-14)25-20(27)24-15-6-4-9-26(13-15)19-22-7-5-8-23-19/h5,7-8,10,15,17H,4,6,9,11-13H2,1-3H3,(H2,24,25,27). The number of carbonyl (C=O) groups is 1. The van der Waals surface area contributed by atoms with Crippen LogP contribution >= 0.6 is 0 Å². The summed E-state index contributed by atoms with van der Waals surface area (Å²) in [6, 6.07) is 3.82. The van der Waals surface area contributed by atoms with Gasteiger partial charge in [-0.1, -0.05) is 13.8 Å². The van der Waals surface area contributed by atoms with Crippen molar-refractivity contribution >= 4 is 12.0 Å². The van der Waals surface area contributed by atoms with Crippen LogP contribution in [0.3, 0.4) is 0 Å². The number of aromatic nitrogens is 2. The molecule has 2 amide bonds. The van der Waals surface area contributed by atoms with Crippen LogP contribution in [0.5, 0.6) is 0 Å². The lowest BCUT2D eigenvalue weighted by atomic mass is 9.75. The van der Waals surface area contributed by atoms with Gasteiger partial charge in [-0.25, -0.2) is 14.8 Å². The molecule has 2 atom stereocenters. The molecule has 0 bridgehead atoms. The van der Waals surface area contributed by atoms with Crippen molar-refractivity contribution in [3.05, 3.63) is 41.6 Å². The molecule has 7 heteroatoms. The van der Waals surface area contributed by atoms with Gasteiger partial charge >= 0.3 is 6.03 Å². The highest BCUT2D eigenvalue weighted by Crippen LogP contribution is 2.41. The monoisotopic (exact) mass is 383 g/mol. The molecule has 3 heterocycles. The van der Waals surface area contributed by atoms with Gasteiger partial charge in [0.05, 0.1) is 6.04 Å². The first-order chi connectivity index (χ1) is 13.4. The van der Waals surface area contributed by atoms with Crippen molar-refractivity contribution < 1.29 is 9.21 Å². The number of carbonyl (C=O) groups excluding carboxylic acids is 1. The van der Waals surface area contributed by atoms with Gasteiger partial charge < -0.3 is 20.0 Å². The molecule has 0 spiro atoms. The van der Waals surface area contributed by atoms with Crippen molar-refractivity contribution in [2.75, 3.05) is 18.0 Å². The largest absolute Gasteiger partial charge is 0.466 e. The molecule has 1 aliphatic heterocycles. The summed E-state index contributed by atoms with van der Waals surface area (Å²) in [6.07, 6.45) is 7.28. The third-order valence-electron chi connectivity index (χ3n) is 5.63. The molecular weight excluding hydrogens is 354 g/mol. The summed E-state index contributed by atoms with van der Waals surface area (Å²) in [7, 11) is 0. The number of piperidine rings is 1. The molecule has 1 saturated heterocycles. The zero-order valence-electron chi connectivity index (χ0n) is 16.9. The Morgan fingerprint density at radius 1 is 1.29 bits per heavy atom. The van der Waals surface area contributed by atoms with Crippen LogP contribution in [0.15, 0.2) is 28.9 Å². The zero-order valence-corrected chi connectivity index (χ0v) is 16.9. The van der Waals surface area contributed by atoms with Crippen molar-refractivity contribution in [2.45, 2.75) is 58.5 Å². The number of fused-ring (bicyclic) bond motifs is 1. The van der Waals surface area contributed by atoms with E-state index in [2.05, 4.69) is 45.4 Å². The molecule has 2 N–H and O–H groups in total. The number of amides is 2. The molecule has 7 nitrogen and oxygen atoms in total. The lowest BCUT2D eigenvalue weighted by Gasteiger charge is -2.36. The fourth-order valence-corrected chi connectivity index (χ4v) is 4.43. The van der Waals surface area contributed by atoms with Crippen LogP contribution in [0.2, 0.25) is 0 Å². The number of urea groups is 1. The van der Waals surface area contributed by atoms with E-state index in [1.165, 1.54) is 0 Å². The third-order valence-corrected chi connectivity index (χ3v) is 5.63. The number of nitrogens with zero attached hydrogens (tertiary/aromatic N) is 3. The highest BCUT2D eigenvalue weighted by molar-refractivity contribution is 5.75.